The van der Waals surface area contributed by atoms with E-state index in [1.165, 1.54) is 25.7 Å². The van der Waals surface area contributed by atoms with Crippen LogP contribution in [0.4, 0.5) is 0 Å². The Morgan fingerprint density at radius 1 is 1.08 bits per heavy atom. The van der Waals surface area contributed by atoms with E-state index < -0.39 is 0 Å². The van der Waals surface area contributed by atoms with Gasteiger partial charge in [-0.15, -0.1) is 0 Å². The van der Waals surface area contributed by atoms with Crippen LogP contribution < -0.4 is 5.32 Å². The summed E-state index contributed by atoms with van der Waals surface area (Å²) in [7, 11) is 0. The number of nitrogens with one attached hydrogen (secondary N) is 1. The third-order valence-corrected chi connectivity index (χ3v) is 5.96. The standard InChI is InChI=1S/C21H29ClN2O2/c22-18-10-7-16(8-11-18)13-14-23-21(26)17-9-12-20(25)24(15-17)19-5-3-1-2-4-6-19/h7-8,10-11,17,19H,1-6,9,12-15H2,(H,23,26)/t17-/m0/s1. The van der Waals surface area contributed by atoms with Crippen LogP contribution >= 0.6 is 11.6 Å². The lowest BCUT2D eigenvalue weighted by molar-refractivity contribution is -0.141. The van der Waals surface area contributed by atoms with Crippen LogP contribution in [0.1, 0.15) is 56.9 Å². The molecule has 1 aromatic rings. The van der Waals surface area contributed by atoms with Crippen molar-refractivity contribution >= 4 is 23.4 Å². The number of halogens is 1. The molecule has 5 heteroatoms. The van der Waals surface area contributed by atoms with Crippen LogP contribution in [0, 0.1) is 5.92 Å². The monoisotopic (exact) mass is 376 g/mol. The molecule has 1 atom stereocenters. The van der Waals surface area contributed by atoms with Crippen molar-refractivity contribution in [2.45, 2.75) is 63.8 Å². The minimum absolute atomic E-state index is 0.0684. The van der Waals surface area contributed by atoms with Crippen molar-refractivity contribution in [3.8, 4) is 0 Å². The fourth-order valence-electron chi connectivity index (χ4n) is 4.13. The third kappa shape index (κ3) is 5.23. The van der Waals surface area contributed by atoms with Crippen molar-refractivity contribution in [1.82, 2.24) is 10.2 Å². The zero-order valence-corrected chi connectivity index (χ0v) is 16.1. The van der Waals surface area contributed by atoms with Crippen molar-refractivity contribution in [2.75, 3.05) is 13.1 Å². The van der Waals surface area contributed by atoms with Crippen molar-refractivity contribution < 1.29 is 9.59 Å². The van der Waals surface area contributed by atoms with Gasteiger partial charge in [-0.3, -0.25) is 9.59 Å². The number of hydrogen-bond donors (Lipinski definition) is 1. The van der Waals surface area contributed by atoms with Gasteiger partial charge in [0.15, 0.2) is 0 Å². The number of hydrogen-bond acceptors (Lipinski definition) is 2. The minimum Gasteiger partial charge on any atom is -0.355 e. The van der Waals surface area contributed by atoms with Gasteiger partial charge in [-0.05, 0) is 43.4 Å². The highest BCUT2D eigenvalue weighted by Crippen LogP contribution is 2.27. The van der Waals surface area contributed by atoms with E-state index in [1.54, 1.807) is 0 Å². The van der Waals surface area contributed by atoms with E-state index in [2.05, 4.69) is 5.32 Å². The summed E-state index contributed by atoms with van der Waals surface area (Å²) in [5.41, 5.74) is 1.16. The Kier molecular flexibility index (Phi) is 6.95. The number of amides is 2. The fourth-order valence-corrected chi connectivity index (χ4v) is 4.26. The number of benzene rings is 1. The average Bonchev–Trinajstić information content (AvgIpc) is 2.93. The predicted molar refractivity (Wildman–Crippen MR) is 104 cm³/mol. The minimum atomic E-state index is -0.0684. The smallest absolute Gasteiger partial charge is 0.224 e. The molecule has 2 fully saturated rings. The second kappa shape index (κ2) is 9.40. The van der Waals surface area contributed by atoms with Crippen LogP contribution in [0.5, 0.6) is 0 Å². The van der Waals surface area contributed by atoms with Crippen molar-refractivity contribution in [2.24, 2.45) is 5.92 Å². The van der Waals surface area contributed by atoms with Crippen molar-refractivity contribution in [3.63, 3.8) is 0 Å². The Labute approximate surface area is 161 Å². The lowest BCUT2D eigenvalue weighted by Gasteiger charge is -2.37. The molecule has 1 heterocycles. The highest BCUT2D eigenvalue weighted by molar-refractivity contribution is 6.30. The van der Waals surface area contributed by atoms with Crippen LogP contribution in [0.15, 0.2) is 24.3 Å². The van der Waals surface area contributed by atoms with E-state index in [4.69, 9.17) is 11.6 Å². The second-order valence-corrected chi connectivity index (χ2v) is 8.03. The van der Waals surface area contributed by atoms with E-state index in [1.807, 2.05) is 29.2 Å². The summed E-state index contributed by atoms with van der Waals surface area (Å²) in [6.45, 7) is 1.21. The molecule has 4 nitrogen and oxygen atoms in total. The predicted octanol–water partition coefficient (Wildman–Crippen LogP) is 3.96. The molecule has 1 aliphatic carbocycles. The van der Waals surface area contributed by atoms with Gasteiger partial charge in [0.05, 0.1) is 5.92 Å². The van der Waals surface area contributed by atoms with E-state index in [0.717, 1.165) is 29.8 Å². The zero-order valence-electron chi connectivity index (χ0n) is 15.4. The number of carbonyl (C=O) groups excluding carboxylic acids is 2. The van der Waals surface area contributed by atoms with Gasteiger partial charge >= 0.3 is 0 Å². The Morgan fingerprint density at radius 2 is 1.77 bits per heavy atom. The Bertz CT molecular complexity index is 609. The first-order valence-electron chi connectivity index (χ1n) is 9.95. The van der Waals surface area contributed by atoms with Crippen LogP contribution in [0.2, 0.25) is 5.02 Å². The second-order valence-electron chi connectivity index (χ2n) is 7.59. The molecule has 1 saturated carbocycles. The van der Waals surface area contributed by atoms with Gasteiger partial charge in [0.2, 0.25) is 11.8 Å². The molecule has 2 amide bonds. The molecule has 2 aliphatic rings. The van der Waals surface area contributed by atoms with Gasteiger partial charge in [0.25, 0.3) is 0 Å². The van der Waals surface area contributed by atoms with Crippen LogP contribution in [0.25, 0.3) is 0 Å². The highest BCUT2D eigenvalue weighted by Gasteiger charge is 2.34. The highest BCUT2D eigenvalue weighted by atomic mass is 35.5. The maximum Gasteiger partial charge on any atom is 0.224 e. The maximum absolute atomic E-state index is 12.6. The maximum atomic E-state index is 12.6. The molecule has 1 saturated heterocycles. The van der Waals surface area contributed by atoms with Gasteiger partial charge in [0, 0.05) is 30.6 Å². The van der Waals surface area contributed by atoms with Gasteiger partial charge < -0.3 is 10.2 Å². The normalized spacial score (nSPS) is 22.1. The number of rotatable bonds is 5. The Morgan fingerprint density at radius 3 is 2.46 bits per heavy atom. The molecule has 1 aliphatic heterocycles. The number of piperidine rings is 1. The topological polar surface area (TPSA) is 49.4 Å². The molecule has 0 unspecified atom stereocenters. The summed E-state index contributed by atoms with van der Waals surface area (Å²) in [6, 6.07) is 8.06. The molecule has 0 bridgehead atoms. The molecule has 1 N–H and O–H groups in total. The molecule has 142 valence electrons. The van der Waals surface area contributed by atoms with Crippen molar-refractivity contribution in [3.05, 3.63) is 34.9 Å². The molecular weight excluding hydrogens is 348 g/mol. The third-order valence-electron chi connectivity index (χ3n) is 5.71. The quantitative estimate of drug-likeness (QED) is 0.791. The van der Waals surface area contributed by atoms with Gasteiger partial charge in [-0.2, -0.15) is 0 Å². The molecule has 0 spiro atoms. The van der Waals surface area contributed by atoms with E-state index >= 15 is 0 Å². The molecule has 0 radical (unpaired) electrons. The van der Waals surface area contributed by atoms with E-state index in [9.17, 15) is 9.59 Å². The first-order valence-corrected chi connectivity index (χ1v) is 10.3. The lowest BCUT2D eigenvalue weighted by atomic mass is 9.93. The first-order chi connectivity index (χ1) is 12.6. The summed E-state index contributed by atoms with van der Waals surface area (Å²) in [5.74, 6) is 0.258. The number of likely N-dealkylation sites (tertiary alicyclic amines) is 1. The summed E-state index contributed by atoms with van der Waals surface area (Å²) in [5, 5.41) is 3.78. The molecule has 26 heavy (non-hydrogen) atoms. The Hall–Kier alpha value is -1.55. The van der Waals surface area contributed by atoms with E-state index in [-0.39, 0.29) is 17.7 Å². The van der Waals surface area contributed by atoms with E-state index in [0.29, 0.717) is 32.0 Å². The molecule has 1 aromatic carbocycles. The SMILES string of the molecule is O=C(NCCc1ccc(Cl)cc1)[C@H]1CCC(=O)N(C2CCCCCC2)C1. The molecule has 0 aromatic heterocycles. The zero-order chi connectivity index (χ0) is 18.4. The Balaban J connectivity index is 1.49. The van der Waals surface area contributed by atoms with Gasteiger partial charge in [-0.25, -0.2) is 0 Å². The van der Waals surface area contributed by atoms with Crippen molar-refractivity contribution in [1.29, 1.82) is 0 Å². The van der Waals surface area contributed by atoms with Crippen LogP contribution in [0.3, 0.4) is 0 Å². The largest absolute Gasteiger partial charge is 0.355 e. The van der Waals surface area contributed by atoms with Gasteiger partial charge in [-0.1, -0.05) is 49.4 Å². The fraction of sp³-hybridized carbons (Fsp3) is 0.619. The summed E-state index contributed by atoms with van der Waals surface area (Å²) < 4.78 is 0. The summed E-state index contributed by atoms with van der Waals surface area (Å²) >= 11 is 5.90. The number of carbonyl (C=O) groups is 2. The summed E-state index contributed by atoms with van der Waals surface area (Å²) in [6.07, 6.45) is 9.11. The van der Waals surface area contributed by atoms with Gasteiger partial charge in [0.1, 0.15) is 0 Å². The molecular formula is C21H29ClN2O2. The molecule has 3 rings (SSSR count). The average molecular weight is 377 g/mol. The first kappa shape index (κ1) is 19.2. The number of nitrogens with zero attached hydrogens (tertiary/aromatic N) is 1. The van der Waals surface area contributed by atoms with Crippen LogP contribution in [-0.2, 0) is 16.0 Å². The summed E-state index contributed by atoms with van der Waals surface area (Å²) in [4.78, 5) is 27.0. The lowest BCUT2D eigenvalue weighted by Crippen LogP contribution is -2.50. The van der Waals surface area contributed by atoms with Crippen LogP contribution in [-0.4, -0.2) is 35.8 Å².